The van der Waals surface area contributed by atoms with E-state index < -0.39 is 0 Å². The molecule has 1 heterocycles. The zero-order valence-electron chi connectivity index (χ0n) is 6.67. The number of nitrogens with zero attached hydrogens (tertiary/aromatic N) is 1. The monoisotopic (exact) mass is 145 g/mol. The summed E-state index contributed by atoms with van der Waals surface area (Å²) < 4.78 is 0. The molecule has 0 atom stereocenters. The fourth-order valence-corrected chi connectivity index (χ4v) is 1.51. The normalized spacial score (nSPS) is 20.6. The Bertz CT molecular complexity index is 290. The van der Waals surface area contributed by atoms with Crippen molar-refractivity contribution in [3.05, 3.63) is 35.1 Å². The number of rotatable bonds is 1. The summed E-state index contributed by atoms with van der Waals surface area (Å²) in [6.45, 7) is 2.19. The second-order valence-electron chi connectivity index (χ2n) is 2.81. The minimum atomic E-state index is 1.08. The molecular weight excluding hydrogens is 134 g/mol. The van der Waals surface area contributed by atoms with Gasteiger partial charge in [0.25, 0.3) is 0 Å². The van der Waals surface area contributed by atoms with E-state index in [9.17, 15) is 0 Å². The van der Waals surface area contributed by atoms with Crippen LogP contribution in [0.25, 0.3) is 0 Å². The van der Waals surface area contributed by atoms with E-state index in [2.05, 4.69) is 30.1 Å². The third-order valence-electron chi connectivity index (χ3n) is 2.15. The summed E-state index contributed by atoms with van der Waals surface area (Å²) in [4.78, 5) is 4.32. The van der Waals surface area contributed by atoms with Crippen LogP contribution in [-0.4, -0.2) is 6.21 Å². The number of allylic oxidation sites excluding steroid dienone is 4. The second kappa shape index (κ2) is 2.50. The van der Waals surface area contributed by atoms with Gasteiger partial charge in [0.15, 0.2) is 0 Å². The highest BCUT2D eigenvalue weighted by Crippen LogP contribution is 2.29. The molecule has 0 spiro atoms. The van der Waals surface area contributed by atoms with Crippen LogP contribution < -0.4 is 0 Å². The first kappa shape index (κ1) is 6.59. The summed E-state index contributed by atoms with van der Waals surface area (Å²) >= 11 is 0. The van der Waals surface area contributed by atoms with Crippen molar-refractivity contribution in [2.75, 3.05) is 0 Å². The van der Waals surface area contributed by atoms with Crippen LogP contribution in [0.2, 0.25) is 0 Å². The average Bonchev–Trinajstić information content (AvgIpc) is 2.50. The van der Waals surface area contributed by atoms with Crippen LogP contribution in [0.3, 0.4) is 0 Å². The maximum atomic E-state index is 4.32. The number of hydrogen-bond acceptors (Lipinski definition) is 1. The van der Waals surface area contributed by atoms with Crippen LogP contribution in [0, 0.1) is 0 Å². The first-order valence-electron chi connectivity index (χ1n) is 4.05. The van der Waals surface area contributed by atoms with Crippen molar-refractivity contribution in [3.8, 4) is 0 Å². The quantitative estimate of drug-likeness (QED) is 0.538. The van der Waals surface area contributed by atoms with Crippen molar-refractivity contribution < 1.29 is 0 Å². The highest BCUT2D eigenvalue weighted by Gasteiger charge is 2.12. The van der Waals surface area contributed by atoms with Crippen LogP contribution in [0.4, 0.5) is 0 Å². The molecule has 0 aromatic heterocycles. The SMILES string of the molecule is CCC1=C2N=CC=C2C=CC1. The summed E-state index contributed by atoms with van der Waals surface area (Å²) in [6.07, 6.45) is 10.5. The lowest BCUT2D eigenvalue weighted by Crippen LogP contribution is -1.92. The van der Waals surface area contributed by atoms with Gasteiger partial charge >= 0.3 is 0 Å². The lowest BCUT2D eigenvalue weighted by Gasteiger charge is -2.10. The van der Waals surface area contributed by atoms with E-state index >= 15 is 0 Å². The lowest BCUT2D eigenvalue weighted by molar-refractivity contribution is 0.982. The van der Waals surface area contributed by atoms with Gasteiger partial charge in [0.2, 0.25) is 0 Å². The smallest absolute Gasteiger partial charge is 0.0697 e. The van der Waals surface area contributed by atoms with Crippen molar-refractivity contribution in [2.45, 2.75) is 19.8 Å². The van der Waals surface area contributed by atoms with Gasteiger partial charge in [-0.05, 0) is 24.5 Å². The van der Waals surface area contributed by atoms with E-state index in [1.54, 1.807) is 0 Å². The van der Waals surface area contributed by atoms with Gasteiger partial charge in [0, 0.05) is 11.8 Å². The summed E-state index contributed by atoms with van der Waals surface area (Å²) in [5.74, 6) is 0. The van der Waals surface area contributed by atoms with Gasteiger partial charge in [-0.3, -0.25) is 4.99 Å². The number of aliphatic imine (C=N–C) groups is 1. The van der Waals surface area contributed by atoms with Crippen molar-refractivity contribution in [3.63, 3.8) is 0 Å². The van der Waals surface area contributed by atoms with Gasteiger partial charge in [0.1, 0.15) is 0 Å². The van der Waals surface area contributed by atoms with E-state index in [1.807, 2.05) is 6.21 Å². The molecule has 56 valence electrons. The molecule has 1 nitrogen and oxygen atoms in total. The maximum absolute atomic E-state index is 4.32. The van der Waals surface area contributed by atoms with Crippen LogP contribution in [0.5, 0.6) is 0 Å². The summed E-state index contributed by atoms with van der Waals surface area (Å²) in [6, 6.07) is 0. The van der Waals surface area contributed by atoms with Crippen molar-refractivity contribution in [2.24, 2.45) is 4.99 Å². The molecule has 1 aliphatic carbocycles. The van der Waals surface area contributed by atoms with E-state index in [1.165, 1.54) is 16.8 Å². The van der Waals surface area contributed by atoms with E-state index in [-0.39, 0.29) is 0 Å². The number of hydrogen-bond donors (Lipinski definition) is 0. The zero-order chi connectivity index (χ0) is 7.68. The molecule has 11 heavy (non-hydrogen) atoms. The van der Waals surface area contributed by atoms with Crippen molar-refractivity contribution in [1.82, 2.24) is 0 Å². The molecular formula is C10H11N. The lowest BCUT2D eigenvalue weighted by atomic mass is 9.97. The van der Waals surface area contributed by atoms with Gasteiger partial charge in [-0.25, -0.2) is 0 Å². The minimum Gasteiger partial charge on any atom is -0.256 e. The van der Waals surface area contributed by atoms with E-state index in [0.29, 0.717) is 0 Å². The van der Waals surface area contributed by atoms with Crippen LogP contribution in [0.15, 0.2) is 40.1 Å². The van der Waals surface area contributed by atoms with Gasteiger partial charge in [-0.2, -0.15) is 0 Å². The third kappa shape index (κ3) is 0.967. The van der Waals surface area contributed by atoms with E-state index in [0.717, 1.165) is 12.8 Å². The summed E-state index contributed by atoms with van der Waals surface area (Å²) in [5.41, 5.74) is 3.97. The fourth-order valence-electron chi connectivity index (χ4n) is 1.51. The maximum Gasteiger partial charge on any atom is 0.0697 e. The molecule has 0 aromatic rings. The van der Waals surface area contributed by atoms with Gasteiger partial charge in [-0.1, -0.05) is 19.1 Å². The molecule has 0 radical (unpaired) electrons. The molecule has 1 heteroatoms. The largest absolute Gasteiger partial charge is 0.256 e. The first-order valence-corrected chi connectivity index (χ1v) is 4.05. The molecule has 0 bridgehead atoms. The highest BCUT2D eigenvalue weighted by atomic mass is 14.8. The third-order valence-corrected chi connectivity index (χ3v) is 2.15. The van der Waals surface area contributed by atoms with Crippen LogP contribution in [-0.2, 0) is 0 Å². The van der Waals surface area contributed by atoms with Gasteiger partial charge < -0.3 is 0 Å². The molecule has 2 aliphatic rings. The van der Waals surface area contributed by atoms with Gasteiger partial charge in [-0.15, -0.1) is 0 Å². The Morgan fingerprint density at radius 3 is 3.27 bits per heavy atom. The molecule has 0 fully saturated rings. The second-order valence-corrected chi connectivity index (χ2v) is 2.81. The Morgan fingerprint density at radius 1 is 1.55 bits per heavy atom. The molecule has 0 N–H and O–H groups in total. The Morgan fingerprint density at radius 2 is 2.45 bits per heavy atom. The van der Waals surface area contributed by atoms with Crippen molar-refractivity contribution >= 4 is 6.21 Å². The highest BCUT2D eigenvalue weighted by molar-refractivity contribution is 5.81. The van der Waals surface area contributed by atoms with E-state index in [4.69, 9.17) is 0 Å². The Labute approximate surface area is 66.8 Å². The first-order chi connectivity index (χ1) is 5.42. The Kier molecular flexibility index (Phi) is 1.50. The molecule has 0 unspecified atom stereocenters. The molecule has 0 saturated carbocycles. The average molecular weight is 145 g/mol. The topological polar surface area (TPSA) is 12.4 Å². The predicted octanol–water partition coefficient (Wildman–Crippen LogP) is 2.62. The van der Waals surface area contributed by atoms with Gasteiger partial charge in [0.05, 0.1) is 5.70 Å². The molecule has 1 aliphatic heterocycles. The summed E-state index contributed by atoms with van der Waals surface area (Å²) in [7, 11) is 0. The molecule has 0 amide bonds. The van der Waals surface area contributed by atoms with Crippen LogP contribution >= 0.6 is 0 Å². The predicted molar refractivity (Wildman–Crippen MR) is 47.6 cm³/mol. The molecule has 0 saturated heterocycles. The zero-order valence-corrected chi connectivity index (χ0v) is 6.67. The molecule has 2 rings (SSSR count). The van der Waals surface area contributed by atoms with Crippen molar-refractivity contribution in [1.29, 1.82) is 0 Å². The Balaban J connectivity index is 2.44. The van der Waals surface area contributed by atoms with Crippen LogP contribution in [0.1, 0.15) is 19.8 Å². The molecule has 0 aromatic carbocycles. The standard InChI is InChI=1S/C10H11N/c1-2-8-4-3-5-9-6-7-11-10(8)9/h3,5-7H,2,4H2,1H3. The Hall–Kier alpha value is -1.11. The fraction of sp³-hybridized carbons (Fsp3) is 0.300. The minimum absolute atomic E-state index is 1.08. The summed E-state index contributed by atoms with van der Waals surface area (Å²) in [5, 5.41) is 0. The number of fused-ring (bicyclic) bond motifs is 1.